The van der Waals surface area contributed by atoms with Gasteiger partial charge in [0.05, 0.1) is 6.42 Å². The maximum Gasteiger partial charge on any atom is 0.307 e. The number of amides is 1. The summed E-state index contributed by atoms with van der Waals surface area (Å²) in [5.74, 6) is -1.22. The fourth-order valence-electron chi connectivity index (χ4n) is 3.65. The molecular formula is C25H22N2O5. The van der Waals surface area contributed by atoms with E-state index in [1.807, 2.05) is 36.4 Å². The highest BCUT2D eigenvalue weighted by Gasteiger charge is 2.20. The molecule has 0 unspecified atom stereocenters. The summed E-state index contributed by atoms with van der Waals surface area (Å²) in [5, 5.41) is 9.84. The number of ether oxygens (including phenoxy) is 1. The van der Waals surface area contributed by atoms with Crippen molar-refractivity contribution in [2.75, 3.05) is 0 Å². The Labute approximate surface area is 184 Å². The molecule has 4 rings (SSSR count). The number of carboxylic acid groups (broad SMARTS) is 1. The van der Waals surface area contributed by atoms with Crippen LogP contribution < -0.4 is 16.2 Å². The van der Waals surface area contributed by atoms with Gasteiger partial charge < -0.3 is 25.7 Å². The maximum absolute atomic E-state index is 12.0. The lowest BCUT2D eigenvalue weighted by Gasteiger charge is -2.10. The van der Waals surface area contributed by atoms with Crippen molar-refractivity contribution in [3.05, 3.63) is 89.2 Å². The SMILES string of the molecule is NCc1cccc(-c2ccc3oc(C(N)=O)c(COc4ccccc4CC(=O)O)c3c2)c1. The van der Waals surface area contributed by atoms with E-state index in [-0.39, 0.29) is 18.8 Å². The topological polar surface area (TPSA) is 129 Å². The summed E-state index contributed by atoms with van der Waals surface area (Å²) >= 11 is 0. The van der Waals surface area contributed by atoms with Gasteiger partial charge in [-0.25, -0.2) is 0 Å². The second-order valence-electron chi connectivity index (χ2n) is 7.36. The van der Waals surface area contributed by atoms with Crippen molar-refractivity contribution in [2.45, 2.75) is 19.6 Å². The van der Waals surface area contributed by atoms with Gasteiger partial charge in [0.2, 0.25) is 0 Å². The highest BCUT2D eigenvalue weighted by atomic mass is 16.5. The molecule has 0 atom stereocenters. The van der Waals surface area contributed by atoms with Gasteiger partial charge in [0.25, 0.3) is 5.91 Å². The largest absolute Gasteiger partial charge is 0.488 e. The Morgan fingerprint density at radius 3 is 2.50 bits per heavy atom. The lowest BCUT2D eigenvalue weighted by molar-refractivity contribution is -0.136. The number of para-hydroxylation sites is 1. The summed E-state index contributed by atoms with van der Waals surface area (Å²) in [4.78, 5) is 23.2. The summed E-state index contributed by atoms with van der Waals surface area (Å²) in [5.41, 5.74) is 15.8. The Balaban J connectivity index is 1.73. The molecule has 0 aliphatic carbocycles. The first-order chi connectivity index (χ1) is 15.5. The normalized spacial score (nSPS) is 10.9. The van der Waals surface area contributed by atoms with Gasteiger partial charge in [-0.2, -0.15) is 0 Å². The molecule has 32 heavy (non-hydrogen) atoms. The molecule has 5 N–H and O–H groups in total. The third-order valence-corrected chi connectivity index (χ3v) is 5.20. The first-order valence-electron chi connectivity index (χ1n) is 10.0. The monoisotopic (exact) mass is 430 g/mol. The van der Waals surface area contributed by atoms with Gasteiger partial charge in [0.15, 0.2) is 5.76 Å². The van der Waals surface area contributed by atoms with Crippen molar-refractivity contribution in [2.24, 2.45) is 11.5 Å². The van der Waals surface area contributed by atoms with Gasteiger partial charge in [-0.15, -0.1) is 0 Å². The number of carbonyl (C=O) groups excluding carboxylic acids is 1. The van der Waals surface area contributed by atoms with Gasteiger partial charge in [-0.1, -0.05) is 42.5 Å². The van der Waals surface area contributed by atoms with Crippen LogP contribution in [0.25, 0.3) is 22.1 Å². The molecule has 7 heteroatoms. The Hall–Kier alpha value is -4.10. The van der Waals surface area contributed by atoms with Gasteiger partial charge in [-0.3, -0.25) is 9.59 Å². The fourth-order valence-corrected chi connectivity index (χ4v) is 3.65. The van der Waals surface area contributed by atoms with Crippen LogP contribution in [0.15, 0.2) is 71.1 Å². The first kappa shape index (κ1) is 21.1. The van der Waals surface area contributed by atoms with Crippen molar-refractivity contribution in [1.29, 1.82) is 0 Å². The highest BCUT2D eigenvalue weighted by Crippen LogP contribution is 2.32. The number of hydrogen-bond donors (Lipinski definition) is 3. The Morgan fingerprint density at radius 1 is 0.969 bits per heavy atom. The van der Waals surface area contributed by atoms with E-state index in [0.717, 1.165) is 16.7 Å². The second-order valence-corrected chi connectivity index (χ2v) is 7.36. The number of fused-ring (bicyclic) bond motifs is 1. The molecule has 0 aliphatic rings. The zero-order valence-electron chi connectivity index (χ0n) is 17.2. The summed E-state index contributed by atoms with van der Waals surface area (Å²) in [6.07, 6.45) is -0.174. The van der Waals surface area contributed by atoms with Crippen LogP contribution in [0.4, 0.5) is 0 Å². The Morgan fingerprint density at radius 2 is 1.75 bits per heavy atom. The van der Waals surface area contributed by atoms with Gasteiger partial charge in [0, 0.05) is 23.1 Å². The van der Waals surface area contributed by atoms with E-state index in [1.54, 1.807) is 30.3 Å². The molecular weight excluding hydrogens is 408 g/mol. The molecule has 0 bridgehead atoms. The standard InChI is InChI=1S/C25H22N2O5/c26-13-15-4-3-6-16(10-15)17-8-9-22-19(11-17)20(24(32-22)25(27)30)14-31-21-7-2-1-5-18(21)12-23(28)29/h1-11H,12-14,26H2,(H2,27,30)(H,28,29). The minimum Gasteiger partial charge on any atom is -0.488 e. The lowest BCUT2D eigenvalue weighted by atomic mass is 10.0. The van der Waals surface area contributed by atoms with E-state index in [2.05, 4.69) is 0 Å². The number of carboxylic acids is 1. The summed E-state index contributed by atoms with van der Waals surface area (Å²) in [6.45, 7) is 0.427. The minimum absolute atomic E-state index is 0.00576. The number of furan rings is 1. The van der Waals surface area contributed by atoms with Crippen LogP contribution in [-0.2, 0) is 24.4 Å². The number of benzene rings is 3. The van der Waals surface area contributed by atoms with E-state index < -0.39 is 11.9 Å². The van der Waals surface area contributed by atoms with Crippen LogP contribution in [0.2, 0.25) is 0 Å². The second kappa shape index (κ2) is 8.95. The van der Waals surface area contributed by atoms with Crippen molar-refractivity contribution in [1.82, 2.24) is 0 Å². The van der Waals surface area contributed by atoms with Crippen LogP contribution in [0.5, 0.6) is 5.75 Å². The van der Waals surface area contributed by atoms with Gasteiger partial charge in [-0.05, 0) is 41.0 Å². The molecule has 1 amide bonds. The lowest BCUT2D eigenvalue weighted by Crippen LogP contribution is -2.13. The number of aliphatic carboxylic acids is 1. The number of rotatable bonds is 8. The van der Waals surface area contributed by atoms with Crippen molar-refractivity contribution < 1.29 is 23.8 Å². The zero-order chi connectivity index (χ0) is 22.7. The summed E-state index contributed by atoms with van der Waals surface area (Å²) in [6, 6.07) is 20.4. The van der Waals surface area contributed by atoms with Crippen molar-refractivity contribution >= 4 is 22.8 Å². The summed E-state index contributed by atoms with van der Waals surface area (Å²) in [7, 11) is 0. The third-order valence-electron chi connectivity index (χ3n) is 5.20. The zero-order valence-corrected chi connectivity index (χ0v) is 17.2. The fraction of sp³-hybridized carbons (Fsp3) is 0.120. The van der Waals surface area contributed by atoms with Gasteiger partial charge >= 0.3 is 5.97 Å². The predicted molar refractivity (Wildman–Crippen MR) is 120 cm³/mol. The van der Waals surface area contributed by atoms with Crippen molar-refractivity contribution in [3.63, 3.8) is 0 Å². The van der Waals surface area contributed by atoms with E-state index in [0.29, 0.717) is 34.4 Å². The first-order valence-corrected chi connectivity index (χ1v) is 10.0. The van der Waals surface area contributed by atoms with Crippen LogP contribution in [-0.4, -0.2) is 17.0 Å². The molecule has 0 saturated heterocycles. The Bertz CT molecular complexity index is 1310. The number of hydrogen-bond acceptors (Lipinski definition) is 5. The molecule has 0 saturated carbocycles. The molecule has 3 aromatic carbocycles. The van der Waals surface area contributed by atoms with Crippen LogP contribution >= 0.6 is 0 Å². The number of primary amides is 1. The Kier molecular flexibility index (Phi) is 5.91. The van der Waals surface area contributed by atoms with Crippen LogP contribution in [0, 0.1) is 0 Å². The minimum atomic E-state index is -0.961. The predicted octanol–water partition coefficient (Wildman–Crippen LogP) is 3.86. The molecule has 0 spiro atoms. The molecule has 0 fully saturated rings. The molecule has 0 aliphatic heterocycles. The average molecular weight is 430 g/mol. The molecule has 162 valence electrons. The number of nitrogens with two attached hydrogens (primary N) is 2. The number of carbonyl (C=O) groups is 2. The van der Waals surface area contributed by atoms with Crippen LogP contribution in [0.1, 0.15) is 27.2 Å². The van der Waals surface area contributed by atoms with E-state index in [4.69, 9.17) is 25.7 Å². The molecule has 1 aromatic heterocycles. The third kappa shape index (κ3) is 4.33. The molecule has 4 aromatic rings. The smallest absolute Gasteiger partial charge is 0.307 e. The molecule has 0 radical (unpaired) electrons. The van der Waals surface area contributed by atoms with E-state index >= 15 is 0 Å². The van der Waals surface area contributed by atoms with Crippen LogP contribution in [0.3, 0.4) is 0 Å². The quantitative estimate of drug-likeness (QED) is 0.389. The maximum atomic E-state index is 12.0. The van der Waals surface area contributed by atoms with E-state index in [9.17, 15) is 9.59 Å². The highest BCUT2D eigenvalue weighted by molar-refractivity contribution is 5.99. The molecule has 7 nitrogen and oxygen atoms in total. The summed E-state index contributed by atoms with van der Waals surface area (Å²) < 4.78 is 11.6. The van der Waals surface area contributed by atoms with Crippen molar-refractivity contribution in [3.8, 4) is 16.9 Å². The average Bonchev–Trinajstić information content (AvgIpc) is 3.16. The molecule has 1 heterocycles. The van der Waals surface area contributed by atoms with E-state index in [1.165, 1.54) is 0 Å². The van der Waals surface area contributed by atoms with Gasteiger partial charge in [0.1, 0.15) is 17.9 Å².